The number of allylic oxidation sites excluding steroid dienone is 5. The zero-order valence-electron chi connectivity index (χ0n) is 27.1. The molecule has 0 aliphatic carbocycles. The lowest BCUT2D eigenvalue weighted by atomic mass is 9.85. The molecule has 1 aliphatic rings. The lowest BCUT2D eigenvalue weighted by molar-refractivity contribution is -0.117. The summed E-state index contributed by atoms with van der Waals surface area (Å²) in [6, 6.07) is 7.73. The molecular formula is C37H51NO4. The molecule has 1 aliphatic heterocycles. The van der Waals surface area contributed by atoms with Gasteiger partial charge in [0.1, 0.15) is 22.8 Å². The maximum absolute atomic E-state index is 12.4. The number of hydrogen-bond acceptors (Lipinski definition) is 4. The Labute approximate surface area is 253 Å². The van der Waals surface area contributed by atoms with Crippen LogP contribution in [0.2, 0.25) is 0 Å². The molecule has 0 fully saturated rings. The van der Waals surface area contributed by atoms with Crippen LogP contribution in [0.3, 0.4) is 0 Å². The Morgan fingerprint density at radius 2 is 1.57 bits per heavy atom. The first-order chi connectivity index (χ1) is 19.9. The Morgan fingerprint density at radius 1 is 0.952 bits per heavy atom. The highest BCUT2D eigenvalue weighted by atomic mass is 16.5. The highest BCUT2D eigenvalue weighted by molar-refractivity contribution is 5.92. The summed E-state index contributed by atoms with van der Waals surface area (Å²) in [6.07, 6.45) is 14.5. The van der Waals surface area contributed by atoms with Crippen LogP contribution in [0.5, 0.6) is 17.2 Å². The molecular weight excluding hydrogens is 522 g/mol. The molecule has 228 valence electrons. The first-order valence-electron chi connectivity index (χ1n) is 15.3. The van der Waals surface area contributed by atoms with Gasteiger partial charge in [-0.3, -0.25) is 4.79 Å². The molecule has 2 aromatic rings. The molecule has 0 saturated heterocycles. The fraction of sp³-hybridized carbons (Fsp3) is 0.486. The van der Waals surface area contributed by atoms with Crippen molar-refractivity contribution in [1.29, 1.82) is 0 Å². The third-order valence-electron chi connectivity index (χ3n) is 8.75. The molecule has 1 amide bonds. The Hall–Kier alpha value is -3.47. The van der Waals surface area contributed by atoms with E-state index in [-0.39, 0.29) is 11.5 Å². The van der Waals surface area contributed by atoms with Crippen LogP contribution < -0.4 is 14.8 Å². The first kappa shape index (κ1) is 33.0. The Bertz CT molecular complexity index is 1330. The summed E-state index contributed by atoms with van der Waals surface area (Å²) in [5.74, 6) is 2.18. The number of aromatic hydroxyl groups is 1. The lowest BCUT2D eigenvalue weighted by Gasteiger charge is -2.38. The Kier molecular flexibility index (Phi) is 11.9. The van der Waals surface area contributed by atoms with Crippen LogP contribution in [0.25, 0.3) is 0 Å². The Balaban J connectivity index is 1.38. The van der Waals surface area contributed by atoms with Gasteiger partial charge in [-0.2, -0.15) is 0 Å². The molecule has 3 rings (SSSR count). The smallest absolute Gasteiger partial charge is 0.246 e. The monoisotopic (exact) mass is 573 g/mol. The maximum atomic E-state index is 12.4. The number of nitrogens with one attached hydrogen (secondary N) is 1. The number of carbonyl (C=O) groups is 1. The summed E-state index contributed by atoms with van der Waals surface area (Å²) in [6.45, 7) is 15.0. The van der Waals surface area contributed by atoms with Gasteiger partial charge in [0.25, 0.3) is 0 Å². The SMILES string of the molecule is COc1ccc(CNC(=O)/C(C)=C/CC/C(C)=C/CC/C(C)=C/CCC2(C)CCc3c(C)c(O)c(C)c(C)c3O2)cc1. The summed E-state index contributed by atoms with van der Waals surface area (Å²) in [7, 11) is 1.64. The molecule has 0 bridgehead atoms. The third-order valence-corrected chi connectivity index (χ3v) is 8.75. The van der Waals surface area contributed by atoms with Crippen LogP contribution >= 0.6 is 0 Å². The second-order valence-electron chi connectivity index (χ2n) is 12.2. The van der Waals surface area contributed by atoms with Crippen LogP contribution in [0.1, 0.15) is 100 Å². The number of fused-ring (bicyclic) bond motifs is 1. The molecule has 0 spiro atoms. The summed E-state index contributed by atoms with van der Waals surface area (Å²) < 4.78 is 11.8. The van der Waals surface area contributed by atoms with Crippen molar-refractivity contribution in [3.05, 3.63) is 87.0 Å². The molecule has 1 heterocycles. The Morgan fingerprint density at radius 3 is 2.21 bits per heavy atom. The van der Waals surface area contributed by atoms with E-state index in [1.165, 1.54) is 16.7 Å². The van der Waals surface area contributed by atoms with Gasteiger partial charge >= 0.3 is 0 Å². The van der Waals surface area contributed by atoms with Crippen LogP contribution in [-0.4, -0.2) is 23.7 Å². The van der Waals surface area contributed by atoms with Gasteiger partial charge in [-0.05, 0) is 134 Å². The van der Waals surface area contributed by atoms with Gasteiger partial charge in [-0.15, -0.1) is 0 Å². The summed E-state index contributed by atoms with van der Waals surface area (Å²) in [5, 5.41) is 13.4. The molecule has 2 N–H and O–H groups in total. The zero-order valence-corrected chi connectivity index (χ0v) is 27.1. The number of phenols is 1. The maximum Gasteiger partial charge on any atom is 0.246 e. The standard InChI is InChI=1S/C37H51NO4/c1-25(14-10-16-27(3)36(40)38-24-31-17-19-32(41-8)20-18-31)12-9-13-26(2)15-11-22-37(7)23-21-33-30(6)34(39)28(4)29(5)35(33)42-37/h12,15-20,39H,9-11,13-14,21-24H2,1-8H3,(H,38,40)/b25-12+,26-15+,27-16+. The largest absolute Gasteiger partial charge is 0.507 e. The number of hydrogen-bond donors (Lipinski definition) is 2. The van der Waals surface area contributed by atoms with Gasteiger partial charge in [0, 0.05) is 17.7 Å². The van der Waals surface area contributed by atoms with Crippen LogP contribution in [0.4, 0.5) is 0 Å². The van der Waals surface area contributed by atoms with Crippen molar-refractivity contribution in [1.82, 2.24) is 5.32 Å². The van der Waals surface area contributed by atoms with Crippen LogP contribution in [0, 0.1) is 20.8 Å². The molecule has 1 unspecified atom stereocenters. The molecule has 5 heteroatoms. The molecule has 42 heavy (non-hydrogen) atoms. The highest BCUT2D eigenvalue weighted by Gasteiger charge is 2.34. The number of amides is 1. The molecule has 1 atom stereocenters. The van der Waals surface area contributed by atoms with Gasteiger partial charge in [0.2, 0.25) is 5.91 Å². The van der Waals surface area contributed by atoms with E-state index in [2.05, 4.69) is 45.2 Å². The van der Waals surface area contributed by atoms with Crippen molar-refractivity contribution in [3.8, 4) is 17.2 Å². The number of methoxy groups -OCH3 is 1. The predicted octanol–water partition coefficient (Wildman–Crippen LogP) is 8.91. The fourth-order valence-electron chi connectivity index (χ4n) is 5.52. The zero-order chi connectivity index (χ0) is 30.9. The topological polar surface area (TPSA) is 67.8 Å². The van der Waals surface area contributed by atoms with E-state index in [0.717, 1.165) is 90.7 Å². The molecule has 0 saturated carbocycles. The van der Waals surface area contributed by atoms with E-state index in [1.54, 1.807) is 7.11 Å². The predicted molar refractivity (Wildman–Crippen MR) is 173 cm³/mol. The van der Waals surface area contributed by atoms with Gasteiger partial charge in [-0.25, -0.2) is 0 Å². The van der Waals surface area contributed by atoms with E-state index in [4.69, 9.17) is 9.47 Å². The van der Waals surface area contributed by atoms with Crippen LogP contribution in [0.15, 0.2) is 59.2 Å². The van der Waals surface area contributed by atoms with Crippen molar-refractivity contribution >= 4 is 5.91 Å². The van der Waals surface area contributed by atoms with E-state index < -0.39 is 0 Å². The number of benzene rings is 2. The van der Waals surface area contributed by atoms with E-state index in [0.29, 0.717) is 12.3 Å². The van der Waals surface area contributed by atoms with Gasteiger partial charge in [0.05, 0.1) is 7.11 Å². The first-order valence-corrected chi connectivity index (χ1v) is 15.3. The average molecular weight is 574 g/mol. The number of ether oxygens (including phenoxy) is 2. The third kappa shape index (κ3) is 9.01. The van der Waals surface area contributed by atoms with Gasteiger partial charge < -0.3 is 19.9 Å². The summed E-state index contributed by atoms with van der Waals surface area (Å²) in [5.41, 5.74) is 8.51. The van der Waals surface area contributed by atoms with E-state index in [9.17, 15) is 9.90 Å². The van der Waals surface area contributed by atoms with E-state index >= 15 is 0 Å². The quantitative estimate of drug-likeness (QED) is 0.185. The normalized spacial score (nSPS) is 17.5. The molecule has 0 radical (unpaired) electrons. The van der Waals surface area contributed by atoms with Crippen molar-refractivity contribution in [2.24, 2.45) is 0 Å². The number of rotatable bonds is 13. The molecule has 2 aromatic carbocycles. The summed E-state index contributed by atoms with van der Waals surface area (Å²) in [4.78, 5) is 12.4. The van der Waals surface area contributed by atoms with Gasteiger partial charge in [0.15, 0.2) is 0 Å². The minimum atomic E-state index is -0.181. The fourth-order valence-corrected chi connectivity index (χ4v) is 5.52. The summed E-state index contributed by atoms with van der Waals surface area (Å²) >= 11 is 0. The van der Waals surface area contributed by atoms with Gasteiger partial charge in [-0.1, -0.05) is 41.5 Å². The van der Waals surface area contributed by atoms with E-state index in [1.807, 2.05) is 51.1 Å². The minimum absolute atomic E-state index is 0.0235. The highest BCUT2D eigenvalue weighted by Crippen LogP contribution is 2.44. The number of phenolic OH excluding ortho intramolecular Hbond substituents is 1. The van der Waals surface area contributed by atoms with Crippen molar-refractivity contribution in [2.45, 2.75) is 112 Å². The molecule has 5 nitrogen and oxygen atoms in total. The second-order valence-corrected chi connectivity index (χ2v) is 12.2. The minimum Gasteiger partial charge on any atom is -0.507 e. The molecule has 0 aromatic heterocycles. The average Bonchev–Trinajstić information content (AvgIpc) is 2.97. The van der Waals surface area contributed by atoms with Crippen molar-refractivity contribution < 1.29 is 19.4 Å². The van der Waals surface area contributed by atoms with Crippen LogP contribution in [-0.2, 0) is 17.8 Å². The number of carbonyl (C=O) groups excluding carboxylic acids is 1. The lowest BCUT2D eigenvalue weighted by Crippen LogP contribution is -2.37. The van der Waals surface area contributed by atoms with Crippen molar-refractivity contribution in [2.75, 3.05) is 7.11 Å². The second kappa shape index (κ2) is 15.1. The van der Waals surface area contributed by atoms with Crippen molar-refractivity contribution in [3.63, 3.8) is 0 Å².